The van der Waals surface area contributed by atoms with Crippen LogP contribution in [0.2, 0.25) is 0 Å². The van der Waals surface area contributed by atoms with E-state index < -0.39 is 67.4 Å². The number of carbonyl (C=O) groups is 2. The Morgan fingerprint density at radius 1 is 0.453 bits per heavy atom. The highest BCUT2D eigenvalue weighted by molar-refractivity contribution is 5.80. The van der Waals surface area contributed by atoms with Gasteiger partial charge in [-0.25, -0.2) is 0 Å². The summed E-state index contributed by atoms with van der Waals surface area (Å²) in [6.07, 6.45) is 68.7. The van der Waals surface area contributed by atoms with Gasteiger partial charge in [0, 0.05) is 6.42 Å². The van der Waals surface area contributed by atoms with E-state index in [1.165, 1.54) is 244 Å². The average molecular weight is 1210 g/mol. The van der Waals surface area contributed by atoms with Crippen molar-refractivity contribution in [1.82, 2.24) is 5.32 Å². The van der Waals surface area contributed by atoms with Crippen LogP contribution in [-0.2, 0) is 23.8 Å². The number of nitrogens with one attached hydrogen (secondary N) is 1. The van der Waals surface area contributed by atoms with Crippen LogP contribution in [-0.4, -0.2) is 99.6 Å². The highest BCUT2D eigenvalue weighted by atomic mass is 16.7. The van der Waals surface area contributed by atoms with E-state index in [2.05, 4.69) is 62.5 Å². The molecule has 1 saturated heterocycles. The molecule has 6 N–H and O–H groups in total. The summed E-state index contributed by atoms with van der Waals surface area (Å²) in [5.41, 5.74) is 0. The molecule has 0 aromatic carbocycles. The summed E-state index contributed by atoms with van der Waals surface area (Å²) in [5, 5.41) is 57.3. The predicted octanol–water partition coefficient (Wildman–Crippen LogP) is 19.1. The Morgan fingerprint density at radius 3 is 1.22 bits per heavy atom. The Hall–Kier alpha value is -2.38. The number of aliphatic hydroxyl groups is 5. The zero-order valence-corrected chi connectivity index (χ0v) is 56.2. The van der Waals surface area contributed by atoms with Crippen molar-refractivity contribution in [2.24, 2.45) is 0 Å². The molecule has 0 bridgehead atoms. The van der Waals surface area contributed by atoms with Crippen molar-refractivity contribution in [3.05, 3.63) is 48.6 Å². The maximum absolute atomic E-state index is 13.5. The SMILES string of the molecule is CCCCC/C=C\C/C=C\CCCCCCCCCCCCCCCCCC(=O)OC1C(OCC(NC(=O)C(O)CCCCCCCCCCCC/C=C/CCCCCCCC)C(O)/C=C/CCCCCCCCCCCC)OC(CO)C(O)C1O. The topological polar surface area (TPSA) is 175 Å². The largest absolute Gasteiger partial charge is 0.454 e. The molecular formula is C75H139NO10. The van der Waals surface area contributed by atoms with Crippen molar-refractivity contribution in [2.75, 3.05) is 13.2 Å². The van der Waals surface area contributed by atoms with Gasteiger partial charge in [0.2, 0.25) is 5.91 Å². The molecule has 8 unspecified atom stereocenters. The van der Waals surface area contributed by atoms with Gasteiger partial charge in [-0.3, -0.25) is 9.59 Å². The molecule has 0 aromatic rings. The molecule has 86 heavy (non-hydrogen) atoms. The van der Waals surface area contributed by atoms with E-state index in [4.69, 9.17) is 14.2 Å². The third kappa shape index (κ3) is 49.4. The molecule has 11 heteroatoms. The van der Waals surface area contributed by atoms with E-state index in [9.17, 15) is 35.1 Å². The van der Waals surface area contributed by atoms with Crippen LogP contribution in [0.25, 0.3) is 0 Å². The monoisotopic (exact) mass is 1210 g/mol. The van der Waals surface area contributed by atoms with Crippen LogP contribution in [0.1, 0.15) is 355 Å². The van der Waals surface area contributed by atoms with Crippen molar-refractivity contribution >= 4 is 11.9 Å². The average Bonchev–Trinajstić information content (AvgIpc) is 3.39. The van der Waals surface area contributed by atoms with Crippen LogP contribution in [0.4, 0.5) is 0 Å². The molecule has 1 rings (SSSR count). The molecule has 1 amide bonds. The van der Waals surface area contributed by atoms with E-state index in [0.29, 0.717) is 19.3 Å². The van der Waals surface area contributed by atoms with Gasteiger partial charge >= 0.3 is 5.97 Å². The van der Waals surface area contributed by atoms with Gasteiger partial charge in [0.05, 0.1) is 25.4 Å². The molecule has 504 valence electrons. The lowest BCUT2D eigenvalue weighted by Gasteiger charge is -2.41. The Morgan fingerprint density at radius 2 is 0.802 bits per heavy atom. The molecule has 0 aromatic heterocycles. The highest BCUT2D eigenvalue weighted by Crippen LogP contribution is 2.26. The molecule has 0 spiro atoms. The normalized spacial score (nSPS) is 18.5. The van der Waals surface area contributed by atoms with Crippen molar-refractivity contribution in [1.29, 1.82) is 0 Å². The van der Waals surface area contributed by atoms with Crippen molar-refractivity contribution < 1.29 is 49.3 Å². The van der Waals surface area contributed by atoms with Crippen LogP contribution in [0, 0.1) is 0 Å². The number of amides is 1. The molecule has 0 aliphatic carbocycles. The van der Waals surface area contributed by atoms with E-state index in [0.717, 1.165) is 64.2 Å². The van der Waals surface area contributed by atoms with Crippen LogP contribution in [0.5, 0.6) is 0 Å². The quantitative estimate of drug-likeness (QED) is 0.0195. The summed E-state index contributed by atoms with van der Waals surface area (Å²) < 4.78 is 17.7. The highest BCUT2D eigenvalue weighted by Gasteiger charge is 2.47. The minimum absolute atomic E-state index is 0.126. The van der Waals surface area contributed by atoms with Gasteiger partial charge in [0.15, 0.2) is 12.4 Å². The number of aliphatic hydroxyl groups excluding tert-OH is 5. The summed E-state index contributed by atoms with van der Waals surface area (Å²) in [5.74, 6) is -1.18. The second kappa shape index (κ2) is 62.8. The van der Waals surface area contributed by atoms with Gasteiger partial charge in [-0.2, -0.15) is 0 Å². The number of allylic oxidation sites excluding steroid dienone is 7. The Balaban J connectivity index is 2.54. The summed E-state index contributed by atoms with van der Waals surface area (Å²) in [4.78, 5) is 26.7. The summed E-state index contributed by atoms with van der Waals surface area (Å²) >= 11 is 0. The predicted molar refractivity (Wildman–Crippen MR) is 361 cm³/mol. The Bertz CT molecular complexity index is 1590. The van der Waals surface area contributed by atoms with Crippen LogP contribution in [0.3, 0.4) is 0 Å². The number of esters is 1. The molecule has 0 radical (unpaired) electrons. The van der Waals surface area contributed by atoms with Gasteiger partial charge in [0.25, 0.3) is 0 Å². The van der Waals surface area contributed by atoms with Gasteiger partial charge in [-0.15, -0.1) is 0 Å². The first-order valence-electron chi connectivity index (χ1n) is 36.9. The summed E-state index contributed by atoms with van der Waals surface area (Å²) in [6.45, 7) is 5.81. The van der Waals surface area contributed by atoms with E-state index in [-0.39, 0.29) is 13.0 Å². The van der Waals surface area contributed by atoms with Crippen LogP contribution >= 0.6 is 0 Å². The first kappa shape index (κ1) is 81.6. The second-order valence-electron chi connectivity index (χ2n) is 25.7. The van der Waals surface area contributed by atoms with Gasteiger partial charge in [-0.1, -0.05) is 313 Å². The Labute approximate surface area is 529 Å². The van der Waals surface area contributed by atoms with Gasteiger partial charge < -0.3 is 45.1 Å². The molecular weight excluding hydrogens is 1070 g/mol. The number of hydrogen-bond donors (Lipinski definition) is 6. The lowest BCUT2D eigenvalue weighted by Crippen LogP contribution is -2.61. The molecule has 11 nitrogen and oxygen atoms in total. The zero-order chi connectivity index (χ0) is 62.4. The standard InChI is InChI=1S/C75H139NO10/c1-4-7-10-13-16-19-22-25-27-29-31-33-34-35-36-37-39-41-43-45-48-51-54-57-60-63-70(80)86-73-72(82)71(81)69(64-77)85-75(73)84-65-66(67(78)61-58-55-52-49-46-24-21-18-15-12-9-6-3)76-74(83)68(79)62-59-56-53-50-47-44-42-40-38-32-30-28-26-23-20-17-14-11-8-5-2/h16,19,25-28,58,61,66-69,71-73,75,77-79,81-82H,4-15,17-18,20-24,29-57,59-60,62-65H2,1-3H3,(H,76,83)/b19-16-,27-25-,28-26+,61-58+. The number of carbonyl (C=O) groups excluding carboxylic acids is 2. The molecule has 8 atom stereocenters. The zero-order valence-electron chi connectivity index (χ0n) is 56.2. The number of hydrogen-bond acceptors (Lipinski definition) is 10. The van der Waals surface area contributed by atoms with Crippen molar-refractivity contribution in [3.63, 3.8) is 0 Å². The molecule has 1 aliphatic rings. The van der Waals surface area contributed by atoms with E-state index in [1.807, 2.05) is 6.08 Å². The van der Waals surface area contributed by atoms with Crippen LogP contribution in [0.15, 0.2) is 48.6 Å². The fourth-order valence-corrected chi connectivity index (χ4v) is 11.6. The molecule has 1 aliphatic heterocycles. The third-order valence-electron chi connectivity index (χ3n) is 17.5. The number of ether oxygens (including phenoxy) is 3. The van der Waals surface area contributed by atoms with Crippen molar-refractivity contribution in [2.45, 2.75) is 404 Å². The lowest BCUT2D eigenvalue weighted by molar-refractivity contribution is -0.305. The minimum atomic E-state index is -1.61. The van der Waals surface area contributed by atoms with Gasteiger partial charge in [0.1, 0.15) is 24.4 Å². The molecule has 1 fully saturated rings. The molecule has 1 heterocycles. The summed E-state index contributed by atoms with van der Waals surface area (Å²) in [6, 6.07) is -1.02. The Kier molecular flexibility index (Phi) is 59.6. The number of unbranched alkanes of at least 4 members (excludes halogenated alkanes) is 44. The van der Waals surface area contributed by atoms with Crippen LogP contribution < -0.4 is 5.32 Å². The third-order valence-corrected chi connectivity index (χ3v) is 17.5. The maximum atomic E-state index is 13.5. The lowest BCUT2D eigenvalue weighted by atomic mass is 9.99. The van der Waals surface area contributed by atoms with E-state index >= 15 is 0 Å². The number of rotatable bonds is 64. The minimum Gasteiger partial charge on any atom is -0.454 e. The van der Waals surface area contributed by atoms with Gasteiger partial charge in [-0.05, 0) is 83.5 Å². The fraction of sp³-hybridized carbons (Fsp3) is 0.867. The first-order valence-corrected chi connectivity index (χ1v) is 36.9. The van der Waals surface area contributed by atoms with E-state index in [1.54, 1.807) is 6.08 Å². The summed E-state index contributed by atoms with van der Waals surface area (Å²) in [7, 11) is 0. The molecule has 0 saturated carbocycles. The smallest absolute Gasteiger partial charge is 0.306 e. The van der Waals surface area contributed by atoms with Crippen molar-refractivity contribution in [3.8, 4) is 0 Å². The second-order valence-corrected chi connectivity index (χ2v) is 25.7. The fourth-order valence-electron chi connectivity index (χ4n) is 11.6. The maximum Gasteiger partial charge on any atom is 0.306 e. The first-order chi connectivity index (χ1) is 42.2.